The van der Waals surface area contributed by atoms with Crippen LogP contribution in [0.4, 0.5) is 0 Å². The van der Waals surface area contributed by atoms with E-state index in [0.717, 1.165) is 34.4 Å². The fourth-order valence-electron chi connectivity index (χ4n) is 2.90. The fourth-order valence-corrected chi connectivity index (χ4v) is 3.80. The summed E-state index contributed by atoms with van der Waals surface area (Å²) in [6.45, 7) is 4.59. The van der Waals surface area contributed by atoms with Crippen molar-refractivity contribution in [2.45, 2.75) is 35.8 Å². The Morgan fingerprint density at radius 3 is 2.13 bits per heavy atom. The van der Waals surface area contributed by atoms with Crippen molar-refractivity contribution in [2.75, 3.05) is 6.26 Å². The van der Waals surface area contributed by atoms with Crippen molar-refractivity contribution in [3.63, 3.8) is 0 Å². The van der Waals surface area contributed by atoms with Crippen LogP contribution < -0.4 is 0 Å². The van der Waals surface area contributed by atoms with Gasteiger partial charge in [0.1, 0.15) is 11.1 Å². The van der Waals surface area contributed by atoms with E-state index in [9.17, 15) is 4.79 Å². The third kappa shape index (κ3) is 2.39. The molecule has 0 aromatic carbocycles. The third-order valence-electron chi connectivity index (χ3n) is 4.48. The number of rotatable bonds is 0. The van der Waals surface area contributed by atoms with Crippen molar-refractivity contribution >= 4 is 44.8 Å². The summed E-state index contributed by atoms with van der Waals surface area (Å²) in [4.78, 5) is 11.6. The molecule has 0 heterocycles. The van der Waals surface area contributed by atoms with Crippen molar-refractivity contribution < 1.29 is 13.6 Å². The molecular formula is C10H17NaO3S. The minimum atomic E-state index is -1.61. The summed E-state index contributed by atoms with van der Waals surface area (Å²) in [5.41, 5.74) is 0.344. The maximum absolute atomic E-state index is 11.6. The van der Waals surface area contributed by atoms with E-state index in [1.54, 1.807) is 0 Å². The van der Waals surface area contributed by atoms with Gasteiger partial charge in [-0.05, 0) is 0 Å². The first kappa shape index (κ1) is 13.8. The van der Waals surface area contributed by atoms with Gasteiger partial charge in [-0.25, -0.2) is 4.21 Å². The van der Waals surface area contributed by atoms with Crippen LogP contribution in [0.3, 0.4) is 0 Å². The molecule has 5 heteroatoms. The van der Waals surface area contributed by atoms with E-state index in [1.807, 2.05) is 0 Å². The smallest absolute Gasteiger partial charge is 0.149 e. The van der Waals surface area contributed by atoms with Crippen molar-refractivity contribution in [2.24, 2.45) is 11.3 Å². The average molecular weight is 240 g/mol. The zero-order chi connectivity index (χ0) is 11.9. The fraction of sp³-hybridized carbons (Fsp3) is 0.900. The van der Waals surface area contributed by atoms with Gasteiger partial charge in [0.05, 0.1) is 0 Å². The van der Waals surface area contributed by atoms with Crippen molar-refractivity contribution in [3.05, 3.63) is 0 Å². The van der Waals surface area contributed by atoms with E-state index in [1.165, 1.54) is 19.1 Å². The Morgan fingerprint density at radius 1 is 1.53 bits per heavy atom. The van der Waals surface area contributed by atoms with Gasteiger partial charge < -0.3 is 4.55 Å². The molecule has 0 radical (unpaired) electrons. The van der Waals surface area contributed by atoms with Gasteiger partial charge in [-0.2, -0.15) is 0 Å². The predicted molar refractivity (Wildman–Crippen MR) is 61.3 cm³/mol. The molecule has 3 nitrogen and oxygen atoms in total. The van der Waals surface area contributed by atoms with Crippen molar-refractivity contribution in [1.82, 2.24) is 0 Å². The van der Waals surface area contributed by atoms with Crippen LogP contribution in [-0.4, -0.2) is 48.7 Å². The number of fused-ring (bicyclic) bond motifs is 2. The zero-order valence-electron chi connectivity index (χ0n) is 9.87. The molecule has 2 fully saturated rings. The summed E-state index contributed by atoms with van der Waals surface area (Å²) in [7, 11) is 0. The normalized spacial score (nSPS) is 38.5. The minimum absolute atomic E-state index is 0.164. The maximum atomic E-state index is 11.6. The third-order valence-corrected chi connectivity index (χ3v) is 6.83. The van der Waals surface area contributed by atoms with Gasteiger partial charge in [-0.15, -0.1) is 0 Å². The first-order valence-electron chi connectivity index (χ1n) is 5.27. The maximum Gasteiger partial charge on any atom is 0.149 e. The van der Waals surface area contributed by atoms with E-state index in [-0.39, 0.29) is 2.66 Å². The van der Waals surface area contributed by atoms with Crippen LogP contribution in [0, 0.1) is 11.3 Å². The Bertz CT molecular complexity index is 299. The monoisotopic (exact) mass is 240 g/mol. The van der Waals surface area contributed by atoms with Crippen LogP contribution in [0.2, 0.25) is 2.66 Å². The van der Waals surface area contributed by atoms with Crippen LogP contribution >= 0.6 is 0 Å². The topological polar surface area (TPSA) is 54.4 Å². The van der Waals surface area contributed by atoms with E-state index in [4.69, 9.17) is 8.76 Å². The summed E-state index contributed by atoms with van der Waals surface area (Å²) in [5, 5.41) is 0. The van der Waals surface area contributed by atoms with Crippen LogP contribution in [0.1, 0.15) is 33.1 Å². The average Bonchev–Trinajstić information content (AvgIpc) is 2.36. The molecular weight excluding hydrogens is 223 g/mol. The quantitative estimate of drug-likeness (QED) is 0.516. The molecule has 0 aromatic rings. The molecule has 0 amide bonds. The van der Waals surface area contributed by atoms with Gasteiger partial charge >= 0.3 is 85.6 Å². The second kappa shape index (κ2) is 4.57. The Kier molecular flexibility index (Phi) is 4.22. The first-order valence-corrected chi connectivity index (χ1v) is 7.79. The molecule has 2 bridgehead atoms. The van der Waals surface area contributed by atoms with Gasteiger partial charge in [-0.1, -0.05) is 0 Å². The molecule has 0 spiro atoms. The van der Waals surface area contributed by atoms with Crippen LogP contribution in [0.5, 0.6) is 0 Å². The van der Waals surface area contributed by atoms with Crippen LogP contribution in [-0.2, 0) is 15.9 Å². The number of hydrogen-bond donors (Lipinski definition) is 1. The molecule has 0 aromatic heterocycles. The first-order chi connectivity index (χ1) is 6.72. The van der Waals surface area contributed by atoms with E-state index >= 15 is 0 Å². The largest absolute Gasteiger partial charge is 0.306 e. The van der Waals surface area contributed by atoms with E-state index in [2.05, 4.69) is 13.8 Å². The zero-order valence-corrected chi connectivity index (χ0v) is 12.7. The van der Waals surface area contributed by atoms with Gasteiger partial charge in [0, 0.05) is 6.26 Å². The number of carbonyl (C=O) groups is 1. The number of carbonyl (C=O) groups excluding carboxylic acids is 1. The summed E-state index contributed by atoms with van der Waals surface area (Å²) in [5.74, 6) is 1.29. The van der Waals surface area contributed by atoms with Gasteiger partial charge in [0.25, 0.3) is 0 Å². The minimum Gasteiger partial charge on any atom is -0.306 e. The molecule has 3 unspecified atom stereocenters. The summed E-state index contributed by atoms with van der Waals surface area (Å²) >= 11 is -0.544. The molecule has 2 saturated carbocycles. The molecule has 15 heavy (non-hydrogen) atoms. The molecule has 0 saturated heterocycles. The molecule has 2 rings (SSSR count). The van der Waals surface area contributed by atoms with Crippen molar-refractivity contribution in [3.8, 4) is 0 Å². The molecule has 0 aliphatic heterocycles. The summed E-state index contributed by atoms with van der Waals surface area (Å²) in [6, 6.07) is 0. The summed E-state index contributed by atoms with van der Waals surface area (Å²) < 4.78 is 16.8. The number of hydrogen-bond acceptors (Lipinski definition) is 2. The Balaban J connectivity index is 0.000000245. The van der Waals surface area contributed by atoms with Gasteiger partial charge in [-0.3, -0.25) is 0 Å². The molecule has 3 atom stereocenters. The summed E-state index contributed by atoms with van der Waals surface area (Å²) in [6.07, 6.45) is 4.58. The number of ketones is 1. The predicted octanol–water partition coefficient (Wildman–Crippen LogP) is 1.56. The van der Waals surface area contributed by atoms with Crippen molar-refractivity contribution in [1.29, 1.82) is 0 Å². The van der Waals surface area contributed by atoms with E-state index in [0.29, 0.717) is 17.1 Å². The van der Waals surface area contributed by atoms with E-state index < -0.39 is 11.1 Å². The second-order valence-electron chi connectivity index (χ2n) is 5.34. The van der Waals surface area contributed by atoms with Crippen LogP contribution in [0.15, 0.2) is 0 Å². The Morgan fingerprint density at radius 2 is 2.00 bits per heavy atom. The second-order valence-corrected chi connectivity index (χ2v) is 7.90. The SMILES string of the molecule is CC1(C)C2CC[C]1([Na])C(=O)C2.CS(=O)O. The Hall–Kier alpha value is 0.780. The molecule has 2 aliphatic carbocycles. The molecule has 2 aliphatic rings. The van der Waals surface area contributed by atoms with Crippen LogP contribution in [0.25, 0.3) is 0 Å². The van der Waals surface area contributed by atoms with Gasteiger partial charge in [0.2, 0.25) is 0 Å². The molecule has 1 N–H and O–H groups in total. The Labute approximate surface area is 111 Å². The molecule has 82 valence electrons. The van der Waals surface area contributed by atoms with Gasteiger partial charge in [0.15, 0.2) is 0 Å². The standard InChI is InChI=1S/C9H13O.CH4O2S.Na/c1-9(2)6-3-4-7(9)8(10)5-6;1-4(2)3;/h6H,3-5H2,1-2H3;1H3,(H,2,3);. The number of Topliss-reactive ketones (excluding diaryl/α,β-unsaturated/α-hetero) is 1.